The van der Waals surface area contributed by atoms with E-state index in [1.165, 1.54) is 6.07 Å². The van der Waals surface area contributed by atoms with Crippen molar-refractivity contribution < 1.29 is 8.78 Å². The zero-order chi connectivity index (χ0) is 13.3. The van der Waals surface area contributed by atoms with Gasteiger partial charge in [0.15, 0.2) is 0 Å². The molecule has 1 aromatic carbocycles. The van der Waals surface area contributed by atoms with E-state index < -0.39 is 17.7 Å². The van der Waals surface area contributed by atoms with Gasteiger partial charge in [-0.2, -0.15) is 5.10 Å². The van der Waals surface area contributed by atoms with Crippen LogP contribution >= 0.6 is 0 Å². The van der Waals surface area contributed by atoms with Crippen LogP contribution in [-0.4, -0.2) is 9.78 Å². The molecule has 0 radical (unpaired) electrons. The number of benzene rings is 1. The van der Waals surface area contributed by atoms with Crippen molar-refractivity contribution in [1.29, 1.82) is 0 Å². The highest BCUT2D eigenvalue weighted by Crippen LogP contribution is 2.19. The molecule has 1 aromatic heterocycles. The van der Waals surface area contributed by atoms with Crippen LogP contribution in [0.25, 0.3) is 0 Å². The maximum atomic E-state index is 13.5. The van der Waals surface area contributed by atoms with Crippen LogP contribution in [0.2, 0.25) is 0 Å². The average molecular weight is 251 g/mol. The third kappa shape index (κ3) is 2.56. The Morgan fingerprint density at radius 2 is 2.06 bits per heavy atom. The summed E-state index contributed by atoms with van der Waals surface area (Å²) in [5, 5.41) is 4.18. The van der Waals surface area contributed by atoms with Gasteiger partial charge in [-0.3, -0.25) is 4.68 Å². The maximum absolute atomic E-state index is 13.5. The lowest BCUT2D eigenvalue weighted by molar-refractivity contribution is 0.559. The molecule has 3 nitrogen and oxygen atoms in total. The molecular formula is C13H15F2N3. The Morgan fingerprint density at radius 1 is 1.33 bits per heavy atom. The van der Waals surface area contributed by atoms with Gasteiger partial charge in [0.25, 0.3) is 0 Å². The van der Waals surface area contributed by atoms with Crippen LogP contribution in [-0.2, 0) is 13.5 Å². The second-order valence-electron chi connectivity index (χ2n) is 4.38. The summed E-state index contributed by atoms with van der Waals surface area (Å²) >= 11 is 0. The number of aryl methyl sites for hydroxylation is 2. The van der Waals surface area contributed by atoms with Crippen molar-refractivity contribution in [3.63, 3.8) is 0 Å². The second-order valence-corrected chi connectivity index (χ2v) is 4.38. The first-order valence-corrected chi connectivity index (χ1v) is 5.67. The fraction of sp³-hybridized carbons (Fsp3) is 0.308. The number of aromatic nitrogens is 2. The van der Waals surface area contributed by atoms with Gasteiger partial charge in [-0.15, -0.1) is 0 Å². The molecule has 2 rings (SSSR count). The predicted octanol–water partition coefficient (Wildman–Crippen LogP) is 2.25. The fourth-order valence-corrected chi connectivity index (χ4v) is 2.02. The SMILES string of the molecule is Cc1cc(C(N)Cc2cc(F)ccc2F)n(C)n1. The zero-order valence-corrected chi connectivity index (χ0v) is 10.3. The summed E-state index contributed by atoms with van der Waals surface area (Å²) in [6.07, 6.45) is 0.239. The minimum atomic E-state index is -0.459. The molecule has 0 bridgehead atoms. The van der Waals surface area contributed by atoms with E-state index in [9.17, 15) is 8.78 Å². The number of halogens is 2. The first kappa shape index (κ1) is 12.7. The summed E-state index contributed by atoms with van der Waals surface area (Å²) in [7, 11) is 1.78. The molecule has 1 atom stereocenters. The fourth-order valence-electron chi connectivity index (χ4n) is 2.02. The molecule has 1 unspecified atom stereocenters. The molecule has 0 saturated carbocycles. The Morgan fingerprint density at radius 3 is 2.67 bits per heavy atom. The molecule has 2 N–H and O–H groups in total. The predicted molar refractivity (Wildman–Crippen MR) is 64.9 cm³/mol. The lowest BCUT2D eigenvalue weighted by Crippen LogP contribution is -2.17. The van der Waals surface area contributed by atoms with E-state index in [0.29, 0.717) is 0 Å². The van der Waals surface area contributed by atoms with Crippen LogP contribution in [0.4, 0.5) is 8.78 Å². The lowest BCUT2D eigenvalue weighted by Gasteiger charge is -2.12. The molecule has 0 aliphatic carbocycles. The summed E-state index contributed by atoms with van der Waals surface area (Å²) in [4.78, 5) is 0. The normalized spacial score (nSPS) is 12.7. The van der Waals surface area contributed by atoms with E-state index in [1.807, 2.05) is 13.0 Å². The quantitative estimate of drug-likeness (QED) is 0.909. The van der Waals surface area contributed by atoms with Gasteiger partial charge in [-0.05, 0) is 43.2 Å². The molecular weight excluding hydrogens is 236 g/mol. The van der Waals surface area contributed by atoms with Crippen molar-refractivity contribution in [3.8, 4) is 0 Å². The van der Waals surface area contributed by atoms with Crippen molar-refractivity contribution in [2.24, 2.45) is 12.8 Å². The van der Waals surface area contributed by atoms with Crippen LogP contribution in [0.5, 0.6) is 0 Å². The van der Waals surface area contributed by atoms with Crippen LogP contribution in [0, 0.1) is 18.6 Å². The minimum absolute atomic E-state index is 0.239. The molecule has 0 fully saturated rings. The summed E-state index contributed by atoms with van der Waals surface area (Å²) in [6.45, 7) is 1.86. The van der Waals surface area contributed by atoms with E-state index in [-0.39, 0.29) is 12.0 Å². The largest absolute Gasteiger partial charge is 0.322 e. The molecule has 0 saturated heterocycles. The number of hydrogen-bond acceptors (Lipinski definition) is 2. The molecule has 0 aliphatic heterocycles. The van der Waals surface area contributed by atoms with Gasteiger partial charge in [0.2, 0.25) is 0 Å². The summed E-state index contributed by atoms with van der Waals surface area (Å²) in [6, 6.07) is 4.83. The van der Waals surface area contributed by atoms with Gasteiger partial charge in [-0.25, -0.2) is 8.78 Å². The van der Waals surface area contributed by atoms with Crippen LogP contribution < -0.4 is 5.73 Å². The molecule has 18 heavy (non-hydrogen) atoms. The Hall–Kier alpha value is -1.75. The minimum Gasteiger partial charge on any atom is -0.322 e. The third-order valence-electron chi connectivity index (χ3n) is 2.87. The van der Waals surface area contributed by atoms with Gasteiger partial charge in [0.05, 0.1) is 17.4 Å². The van der Waals surface area contributed by atoms with Crippen molar-refractivity contribution in [1.82, 2.24) is 9.78 Å². The highest BCUT2D eigenvalue weighted by Gasteiger charge is 2.15. The third-order valence-corrected chi connectivity index (χ3v) is 2.87. The monoisotopic (exact) mass is 251 g/mol. The van der Waals surface area contributed by atoms with Gasteiger partial charge >= 0.3 is 0 Å². The van der Waals surface area contributed by atoms with Crippen molar-refractivity contribution in [2.75, 3.05) is 0 Å². The Labute approximate surface area is 104 Å². The highest BCUT2D eigenvalue weighted by atomic mass is 19.1. The van der Waals surface area contributed by atoms with E-state index >= 15 is 0 Å². The Balaban J connectivity index is 2.23. The number of rotatable bonds is 3. The Kier molecular flexibility index (Phi) is 3.43. The van der Waals surface area contributed by atoms with Crippen molar-refractivity contribution >= 4 is 0 Å². The molecule has 0 spiro atoms. The van der Waals surface area contributed by atoms with Crippen LogP contribution in [0.15, 0.2) is 24.3 Å². The van der Waals surface area contributed by atoms with Gasteiger partial charge in [-0.1, -0.05) is 0 Å². The van der Waals surface area contributed by atoms with E-state index in [0.717, 1.165) is 23.5 Å². The number of hydrogen-bond donors (Lipinski definition) is 1. The summed E-state index contributed by atoms with van der Waals surface area (Å²) in [5.74, 6) is -0.898. The summed E-state index contributed by atoms with van der Waals surface area (Å²) < 4.78 is 28.2. The zero-order valence-electron chi connectivity index (χ0n) is 10.3. The molecule has 96 valence electrons. The molecule has 1 heterocycles. The second kappa shape index (κ2) is 4.86. The molecule has 2 aromatic rings. The first-order valence-electron chi connectivity index (χ1n) is 5.67. The van der Waals surface area contributed by atoms with Gasteiger partial charge in [0.1, 0.15) is 11.6 Å². The Bertz CT molecular complexity index is 563. The van der Waals surface area contributed by atoms with Crippen molar-refractivity contribution in [3.05, 3.63) is 52.9 Å². The smallest absolute Gasteiger partial charge is 0.126 e. The van der Waals surface area contributed by atoms with E-state index in [1.54, 1.807) is 11.7 Å². The summed E-state index contributed by atoms with van der Waals surface area (Å²) in [5.41, 5.74) is 7.94. The van der Waals surface area contributed by atoms with E-state index in [2.05, 4.69) is 5.10 Å². The molecule has 0 aliphatic rings. The maximum Gasteiger partial charge on any atom is 0.126 e. The number of nitrogens with two attached hydrogens (primary N) is 1. The molecule has 0 amide bonds. The van der Waals surface area contributed by atoms with E-state index in [4.69, 9.17) is 5.73 Å². The van der Waals surface area contributed by atoms with Crippen LogP contribution in [0.1, 0.15) is 23.0 Å². The van der Waals surface area contributed by atoms with Gasteiger partial charge < -0.3 is 5.73 Å². The van der Waals surface area contributed by atoms with Crippen molar-refractivity contribution in [2.45, 2.75) is 19.4 Å². The first-order chi connectivity index (χ1) is 8.47. The average Bonchev–Trinajstić information content (AvgIpc) is 2.63. The lowest BCUT2D eigenvalue weighted by atomic mass is 10.0. The number of nitrogens with zero attached hydrogens (tertiary/aromatic N) is 2. The highest BCUT2D eigenvalue weighted by molar-refractivity contribution is 5.22. The van der Waals surface area contributed by atoms with Crippen LogP contribution in [0.3, 0.4) is 0 Å². The molecule has 5 heteroatoms. The topological polar surface area (TPSA) is 43.8 Å². The standard InChI is InChI=1S/C13H15F2N3/c1-8-5-13(18(2)17-8)12(16)7-9-6-10(14)3-4-11(9)15/h3-6,12H,7,16H2,1-2H3. The van der Waals surface area contributed by atoms with Gasteiger partial charge in [0, 0.05) is 7.05 Å².